The van der Waals surface area contributed by atoms with Gasteiger partial charge in [0.25, 0.3) is 5.91 Å². The van der Waals surface area contributed by atoms with Crippen LogP contribution in [0.5, 0.6) is 5.75 Å². The summed E-state index contributed by atoms with van der Waals surface area (Å²) in [5.41, 5.74) is 5.24. The van der Waals surface area contributed by atoms with Gasteiger partial charge in [-0.15, -0.1) is 10.2 Å². The summed E-state index contributed by atoms with van der Waals surface area (Å²) in [6, 6.07) is 18.3. The van der Waals surface area contributed by atoms with E-state index in [-0.39, 0.29) is 12.5 Å². The van der Waals surface area contributed by atoms with E-state index in [4.69, 9.17) is 4.74 Å². The smallest absolute Gasteiger partial charge is 0.260 e. The van der Waals surface area contributed by atoms with Crippen molar-refractivity contribution in [3.8, 4) is 17.0 Å². The number of carbonyl (C=O) groups is 1. The fourth-order valence-electron chi connectivity index (χ4n) is 3.81. The Hall–Kier alpha value is -3.41. The molecule has 4 rings (SSSR count). The van der Waals surface area contributed by atoms with E-state index in [0.29, 0.717) is 13.1 Å². The van der Waals surface area contributed by atoms with Gasteiger partial charge < -0.3 is 14.5 Å². The van der Waals surface area contributed by atoms with Gasteiger partial charge in [-0.3, -0.25) is 4.79 Å². The maximum Gasteiger partial charge on any atom is 0.260 e. The molecule has 160 valence electrons. The van der Waals surface area contributed by atoms with E-state index in [2.05, 4.69) is 46.3 Å². The number of amides is 1. The highest BCUT2D eigenvalue weighted by Crippen LogP contribution is 2.23. The molecule has 1 amide bonds. The van der Waals surface area contributed by atoms with Crippen molar-refractivity contribution in [2.45, 2.75) is 20.8 Å². The van der Waals surface area contributed by atoms with Crippen LogP contribution in [0.25, 0.3) is 11.3 Å². The quantitative estimate of drug-likeness (QED) is 0.633. The van der Waals surface area contributed by atoms with Gasteiger partial charge in [-0.25, -0.2) is 0 Å². The van der Waals surface area contributed by atoms with E-state index >= 15 is 0 Å². The third kappa shape index (κ3) is 4.85. The number of carbonyl (C=O) groups excluding carboxylic acids is 1. The van der Waals surface area contributed by atoms with E-state index < -0.39 is 0 Å². The Morgan fingerprint density at radius 2 is 1.55 bits per heavy atom. The first kappa shape index (κ1) is 20.8. The lowest BCUT2D eigenvalue weighted by Gasteiger charge is -2.35. The number of nitrogens with zero attached hydrogens (tertiary/aromatic N) is 4. The number of piperazine rings is 1. The Balaban J connectivity index is 1.31. The lowest BCUT2D eigenvalue weighted by atomic mass is 10.1. The molecule has 0 spiro atoms. The molecule has 3 aromatic rings. The Morgan fingerprint density at radius 3 is 2.16 bits per heavy atom. The standard InChI is InChI=1S/C25H28N4O2/c1-18-7-9-21(10-8-18)22-11-12-23(27-26-22)28-13-15-29(16-14-28)24(30)17-31-25-19(2)5-4-6-20(25)3/h4-12H,13-17H2,1-3H3. The lowest BCUT2D eigenvalue weighted by Crippen LogP contribution is -2.50. The first-order valence-corrected chi connectivity index (χ1v) is 10.6. The van der Waals surface area contributed by atoms with Crippen LogP contribution in [-0.4, -0.2) is 53.8 Å². The van der Waals surface area contributed by atoms with E-state index in [1.807, 2.05) is 49.1 Å². The van der Waals surface area contributed by atoms with E-state index in [1.165, 1.54) is 5.56 Å². The molecule has 0 N–H and O–H groups in total. The molecule has 1 aliphatic heterocycles. The predicted octanol–water partition coefficient (Wildman–Crippen LogP) is 3.80. The molecule has 1 fully saturated rings. The van der Waals surface area contributed by atoms with Crippen molar-refractivity contribution < 1.29 is 9.53 Å². The van der Waals surface area contributed by atoms with Crippen molar-refractivity contribution in [2.24, 2.45) is 0 Å². The molecular formula is C25H28N4O2. The molecule has 2 aromatic carbocycles. The Labute approximate surface area is 183 Å². The summed E-state index contributed by atoms with van der Waals surface area (Å²) in [6.45, 7) is 8.89. The first-order chi connectivity index (χ1) is 15.0. The number of hydrogen-bond acceptors (Lipinski definition) is 5. The van der Waals surface area contributed by atoms with Crippen molar-refractivity contribution in [1.29, 1.82) is 0 Å². The maximum atomic E-state index is 12.6. The lowest BCUT2D eigenvalue weighted by molar-refractivity contribution is -0.133. The molecule has 0 unspecified atom stereocenters. The third-order valence-electron chi connectivity index (χ3n) is 5.70. The Kier molecular flexibility index (Phi) is 6.16. The Morgan fingerprint density at radius 1 is 0.871 bits per heavy atom. The summed E-state index contributed by atoms with van der Waals surface area (Å²) >= 11 is 0. The molecule has 0 saturated carbocycles. The molecule has 31 heavy (non-hydrogen) atoms. The largest absolute Gasteiger partial charge is 0.483 e. The number of ether oxygens (including phenoxy) is 1. The summed E-state index contributed by atoms with van der Waals surface area (Å²) < 4.78 is 5.83. The van der Waals surface area contributed by atoms with Crippen LogP contribution >= 0.6 is 0 Å². The van der Waals surface area contributed by atoms with Crippen molar-refractivity contribution in [3.05, 3.63) is 71.3 Å². The number of aryl methyl sites for hydroxylation is 3. The summed E-state index contributed by atoms with van der Waals surface area (Å²) in [7, 11) is 0. The minimum atomic E-state index is 0.0168. The second-order valence-electron chi connectivity index (χ2n) is 8.02. The number of aromatic nitrogens is 2. The van der Waals surface area contributed by atoms with Crippen LogP contribution in [0.1, 0.15) is 16.7 Å². The molecule has 1 aliphatic rings. The van der Waals surface area contributed by atoms with Gasteiger partial charge in [0.1, 0.15) is 5.75 Å². The molecule has 1 aromatic heterocycles. The fraction of sp³-hybridized carbons (Fsp3) is 0.320. The number of para-hydroxylation sites is 1. The monoisotopic (exact) mass is 416 g/mol. The van der Waals surface area contributed by atoms with Crippen LogP contribution in [-0.2, 0) is 4.79 Å². The van der Waals surface area contributed by atoms with Crippen molar-refractivity contribution >= 4 is 11.7 Å². The second-order valence-corrected chi connectivity index (χ2v) is 8.02. The molecule has 6 nitrogen and oxygen atoms in total. The van der Waals surface area contributed by atoms with Gasteiger partial charge in [-0.05, 0) is 44.0 Å². The molecule has 2 heterocycles. The molecule has 0 radical (unpaired) electrons. The zero-order chi connectivity index (χ0) is 21.8. The number of rotatable bonds is 5. The van der Waals surface area contributed by atoms with Gasteiger partial charge in [-0.1, -0.05) is 48.0 Å². The van der Waals surface area contributed by atoms with Gasteiger partial charge in [0, 0.05) is 31.7 Å². The highest BCUT2D eigenvalue weighted by molar-refractivity contribution is 5.78. The Bertz CT molecular complexity index is 1020. The summed E-state index contributed by atoms with van der Waals surface area (Å²) in [5, 5.41) is 8.81. The zero-order valence-electron chi connectivity index (χ0n) is 18.3. The van der Waals surface area contributed by atoms with Crippen LogP contribution in [0.2, 0.25) is 0 Å². The summed E-state index contributed by atoms with van der Waals surface area (Å²) in [5.74, 6) is 1.66. The molecule has 6 heteroatoms. The fourth-order valence-corrected chi connectivity index (χ4v) is 3.81. The topological polar surface area (TPSA) is 58.6 Å². The third-order valence-corrected chi connectivity index (χ3v) is 5.70. The van der Waals surface area contributed by atoms with Crippen LogP contribution in [0.3, 0.4) is 0 Å². The molecule has 0 atom stereocenters. The van der Waals surface area contributed by atoms with Gasteiger partial charge in [0.15, 0.2) is 12.4 Å². The van der Waals surface area contributed by atoms with Gasteiger partial charge in [0.05, 0.1) is 5.69 Å². The van der Waals surface area contributed by atoms with Crippen LogP contribution < -0.4 is 9.64 Å². The van der Waals surface area contributed by atoms with Crippen molar-refractivity contribution in [1.82, 2.24) is 15.1 Å². The number of anilines is 1. The highest BCUT2D eigenvalue weighted by atomic mass is 16.5. The van der Waals surface area contributed by atoms with Crippen molar-refractivity contribution in [3.63, 3.8) is 0 Å². The number of hydrogen-bond donors (Lipinski definition) is 0. The highest BCUT2D eigenvalue weighted by Gasteiger charge is 2.23. The van der Waals surface area contributed by atoms with Gasteiger partial charge in [0.2, 0.25) is 0 Å². The van der Waals surface area contributed by atoms with Gasteiger partial charge in [-0.2, -0.15) is 0 Å². The number of benzene rings is 2. The summed E-state index contributed by atoms with van der Waals surface area (Å²) in [6.07, 6.45) is 0. The minimum absolute atomic E-state index is 0.0168. The van der Waals surface area contributed by atoms with Crippen LogP contribution in [0.15, 0.2) is 54.6 Å². The van der Waals surface area contributed by atoms with Crippen molar-refractivity contribution in [2.75, 3.05) is 37.7 Å². The predicted molar refractivity (Wildman–Crippen MR) is 122 cm³/mol. The molecule has 0 aliphatic carbocycles. The van der Waals surface area contributed by atoms with Crippen LogP contribution in [0.4, 0.5) is 5.82 Å². The van der Waals surface area contributed by atoms with E-state index in [9.17, 15) is 4.79 Å². The van der Waals surface area contributed by atoms with Crippen LogP contribution in [0, 0.1) is 20.8 Å². The average Bonchev–Trinajstić information content (AvgIpc) is 2.79. The summed E-state index contributed by atoms with van der Waals surface area (Å²) in [4.78, 5) is 16.6. The second kappa shape index (κ2) is 9.16. The SMILES string of the molecule is Cc1ccc(-c2ccc(N3CCN(C(=O)COc4c(C)cccc4C)CC3)nn2)cc1. The first-order valence-electron chi connectivity index (χ1n) is 10.6. The molecule has 0 bridgehead atoms. The minimum Gasteiger partial charge on any atom is -0.483 e. The average molecular weight is 417 g/mol. The maximum absolute atomic E-state index is 12.6. The molecule has 1 saturated heterocycles. The van der Waals surface area contributed by atoms with E-state index in [1.54, 1.807) is 0 Å². The van der Waals surface area contributed by atoms with E-state index in [0.717, 1.165) is 47.0 Å². The zero-order valence-corrected chi connectivity index (χ0v) is 18.3. The van der Waals surface area contributed by atoms with Gasteiger partial charge >= 0.3 is 0 Å². The normalized spacial score (nSPS) is 13.9. The molecular weight excluding hydrogens is 388 g/mol.